The Morgan fingerprint density at radius 1 is 0.800 bits per heavy atom. The maximum Gasteiger partial charge on any atom is 0.311 e. The van der Waals surface area contributed by atoms with Gasteiger partial charge in [-0.15, -0.1) is 0 Å². The van der Waals surface area contributed by atoms with Gasteiger partial charge in [0.25, 0.3) is 0 Å². The molecule has 0 aliphatic carbocycles. The highest BCUT2D eigenvalue weighted by Crippen LogP contribution is 2.33. The van der Waals surface area contributed by atoms with E-state index in [-0.39, 0.29) is 24.0 Å². The lowest BCUT2D eigenvalue weighted by Crippen LogP contribution is -2.35. The number of ether oxygens (including phenoxy) is 2. The molecular formula is C21H32O4. The number of esters is 2. The van der Waals surface area contributed by atoms with E-state index in [1.54, 1.807) is 0 Å². The number of hydrogen-bond acceptors (Lipinski definition) is 4. The van der Waals surface area contributed by atoms with Gasteiger partial charge in [0.15, 0.2) is 0 Å². The van der Waals surface area contributed by atoms with E-state index in [0.717, 1.165) is 5.56 Å². The summed E-state index contributed by atoms with van der Waals surface area (Å²) in [7, 11) is 0. The van der Waals surface area contributed by atoms with Crippen molar-refractivity contribution >= 4 is 11.9 Å². The molecular weight excluding hydrogens is 316 g/mol. The lowest BCUT2D eigenvalue weighted by Gasteiger charge is -2.32. The van der Waals surface area contributed by atoms with Crippen LogP contribution in [-0.4, -0.2) is 18.0 Å². The summed E-state index contributed by atoms with van der Waals surface area (Å²) in [6.45, 7) is 14.7. The molecule has 4 nitrogen and oxygen atoms in total. The van der Waals surface area contributed by atoms with Crippen LogP contribution in [0.1, 0.15) is 67.1 Å². The Hall–Kier alpha value is -1.84. The van der Waals surface area contributed by atoms with Crippen molar-refractivity contribution in [3.05, 3.63) is 35.9 Å². The Morgan fingerprint density at radius 2 is 1.24 bits per heavy atom. The van der Waals surface area contributed by atoms with Crippen molar-refractivity contribution in [1.29, 1.82) is 0 Å². The van der Waals surface area contributed by atoms with E-state index in [0.29, 0.717) is 0 Å². The summed E-state index contributed by atoms with van der Waals surface area (Å²) in [5.41, 5.74) is -0.276. The van der Waals surface area contributed by atoms with Crippen molar-refractivity contribution < 1.29 is 19.1 Å². The quantitative estimate of drug-likeness (QED) is 0.708. The van der Waals surface area contributed by atoms with Crippen molar-refractivity contribution in [3.8, 4) is 0 Å². The van der Waals surface area contributed by atoms with Crippen LogP contribution in [0.15, 0.2) is 30.3 Å². The molecule has 0 radical (unpaired) electrons. The summed E-state index contributed by atoms with van der Waals surface area (Å²) in [5, 5.41) is 0. The van der Waals surface area contributed by atoms with Crippen LogP contribution in [0.4, 0.5) is 0 Å². The van der Waals surface area contributed by atoms with E-state index < -0.39 is 16.9 Å². The predicted octanol–water partition coefficient (Wildman–Crippen LogP) is 4.93. The molecule has 25 heavy (non-hydrogen) atoms. The molecule has 0 bridgehead atoms. The van der Waals surface area contributed by atoms with Crippen molar-refractivity contribution in [2.24, 2.45) is 16.7 Å². The molecule has 0 amide bonds. The summed E-state index contributed by atoms with van der Waals surface area (Å²) in [5.74, 6) is -0.719. The predicted molar refractivity (Wildman–Crippen MR) is 98.9 cm³/mol. The second-order valence-electron chi connectivity index (χ2n) is 8.71. The Labute approximate surface area is 151 Å². The molecule has 3 atom stereocenters. The largest absolute Gasteiger partial charge is 0.462 e. The number of carbonyl (C=O) groups is 2. The summed E-state index contributed by atoms with van der Waals surface area (Å²) < 4.78 is 11.4. The summed E-state index contributed by atoms with van der Waals surface area (Å²) >= 11 is 0. The second kappa shape index (κ2) is 8.03. The van der Waals surface area contributed by atoms with E-state index in [1.807, 2.05) is 85.7 Å². The van der Waals surface area contributed by atoms with E-state index in [2.05, 4.69) is 0 Å². The van der Waals surface area contributed by atoms with Crippen molar-refractivity contribution in [2.75, 3.05) is 0 Å². The highest BCUT2D eigenvalue weighted by molar-refractivity contribution is 5.76. The zero-order chi connectivity index (χ0) is 19.4. The lowest BCUT2D eigenvalue weighted by molar-refractivity contribution is -0.170. The fourth-order valence-electron chi connectivity index (χ4n) is 2.11. The van der Waals surface area contributed by atoms with Crippen LogP contribution in [0.3, 0.4) is 0 Å². The molecule has 0 saturated heterocycles. The SMILES string of the molecule is CC(OC(=O)C(C)(C)C)C(C)C(OC(=O)C(C)(C)C)c1ccccc1. The molecule has 1 aromatic carbocycles. The zero-order valence-corrected chi connectivity index (χ0v) is 16.8. The first kappa shape index (κ1) is 21.2. The lowest BCUT2D eigenvalue weighted by atomic mass is 9.91. The average molecular weight is 348 g/mol. The van der Waals surface area contributed by atoms with Crippen LogP contribution in [0.2, 0.25) is 0 Å². The van der Waals surface area contributed by atoms with Crippen LogP contribution >= 0.6 is 0 Å². The van der Waals surface area contributed by atoms with Crippen molar-refractivity contribution in [3.63, 3.8) is 0 Å². The first-order chi connectivity index (χ1) is 11.3. The third-order valence-electron chi connectivity index (χ3n) is 4.10. The van der Waals surface area contributed by atoms with Gasteiger partial charge in [-0.3, -0.25) is 9.59 Å². The Balaban J connectivity index is 3.02. The minimum atomic E-state index is -0.599. The van der Waals surface area contributed by atoms with Gasteiger partial charge < -0.3 is 9.47 Å². The highest BCUT2D eigenvalue weighted by Gasteiger charge is 2.35. The van der Waals surface area contributed by atoms with Gasteiger partial charge in [0.2, 0.25) is 0 Å². The molecule has 1 aromatic rings. The monoisotopic (exact) mass is 348 g/mol. The van der Waals surface area contributed by atoms with Gasteiger partial charge in [-0.25, -0.2) is 0 Å². The smallest absolute Gasteiger partial charge is 0.311 e. The number of hydrogen-bond donors (Lipinski definition) is 0. The van der Waals surface area contributed by atoms with Gasteiger partial charge in [-0.2, -0.15) is 0 Å². The summed E-state index contributed by atoms with van der Waals surface area (Å²) in [4.78, 5) is 24.6. The first-order valence-corrected chi connectivity index (χ1v) is 8.81. The molecule has 3 unspecified atom stereocenters. The van der Waals surface area contributed by atoms with E-state index in [9.17, 15) is 9.59 Å². The van der Waals surface area contributed by atoms with E-state index in [1.165, 1.54) is 0 Å². The van der Waals surface area contributed by atoms with Gasteiger partial charge in [-0.1, -0.05) is 37.3 Å². The van der Waals surface area contributed by atoms with Crippen LogP contribution in [0.25, 0.3) is 0 Å². The molecule has 0 aliphatic heterocycles. The first-order valence-electron chi connectivity index (χ1n) is 8.81. The van der Waals surface area contributed by atoms with Crippen LogP contribution < -0.4 is 0 Å². The number of benzene rings is 1. The molecule has 1 rings (SSSR count). The van der Waals surface area contributed by atoms with Gasteiger partial charge in [-0.05, 0) is 54.0 Å². The minimum absolute atomic E-state index is 0.181. The molecule has 0 aliphatic rings. The molecule has 0 saturated carbocycles. The Kier molecular flexibility index (Phi) is 6.81. The molecule has 0 heterocycles. The maximum absolute atomic E-state index is 12.4. The van der Waals surface area contributed by atoms with Crippen LogP contribution in [0.5, 0.6) is 0 Å². The minimum Gasteiger partial charge on any atom is -0.462 e. The molecule has 0 spiro atoms. The number of rotatable bonds is 5. The van der Waals surface area contributed by atoms with Gasteiger partial charge >= 0.3 is 11.9 Å². The molecule has 0 aromatic heterocycles. The molecule has 0 N–H and O–H groups in total. The summed E-state index contributed by atoms with van der Waals surface area (Å²) in [6, 6.07) is 9.59. The van der Waals surface area contributed by atoms with Gasteiger partial charge in [0.05, 0.1) is 10.8 Å². The van der Waals surface area contributed by atoms with Crippen LogP contribution in [-0.2, 0) is 19.1 Å². The topological polar surface area (TPSA) is 52.6 Å². The second-order valence-corrected chi connectivity index (χ2v) is 8.71. The third kappa shape index (κ3) is 6.18. The number of carbonyl (C=O) groups excluding carboxylic acids is 2. The molecule has 140 valence electrons. The summed E-state index contributed by atoms with van der Waals surface area (Å²) in [6.07, 6.45) is -0.861. The van der Waals surface area contributed by atoms with Gasteiger partial charge in [0, 0.05) is 5.92 Å². The maximum atomic E-state index is 12.4. The Morgan fingerprint density at radius 3 is 1.68 bits per heavy atom. The van der Waals surface area contributed by atoms with Crippen molar-refractivity contribution in [2.45, 2.75) is 67.6 Å². The zero-order valence-electron chi connectivity index (χ0n) is 16.8. The van der Waals surface area contributed by atoms with E-state index >= 15 is 0 Å². The molecule has 4 heteroatoms. The van der Waals surface area contributed by atoms with Gasteiger partial charge in [0.1, 0.15) is 12.2 Å². The van der Waals surface area contributed by atoms with E-state index in [4.69, 9.17) is 9.47 Å². The average Bonchev–Trinajstić information content (AvgIpc) is 2.50. The standard InChI is InChI=1S/C21H32O4/c1-14(15(2)24-18(22)20(3,4)5)17(16-12-10-9-11-13-16)25-19(23)21(6,7)8/h9-15,17H,1-8H3. The molecule has 0 fully saturated rings. The Bertz CT molecular complexity index is 578. The normalized spacial score (nSPS) is 15.8. The van der Waals surface area contributed by atoms with Crippen LogP contribution in [0, 0.1) is 16.7 Å². The van der Waals surface area contributed by atoms with Crippen molar-refractivity contribution in [1.82, 2.24) is 0 Å². The third-order valence-corrected chi connectivity index (χ3v) is 4.10. The highest BCUT2D eigenvalue weighted by atomic mass is 16.6. The fraction of sp³-hybridized carbons (Fsp3) is 0.619. The fourth-order valence-corrected chi connectivity index (χ4v) is 2.11.